The zero-order chi connectivity index (χ0) is 19.5. The fraction of sp³-hybridized carbons (Fsp3) is 0.444. The monoisotopic (exact) mass is 378 g/mol. The van der Waals surface area contributed by atoms with Crippen LogP contribution in [0.1, 0.15) is 30.3 Å². The lowest BCUT2D eigenvalue weighted by atomic mass is 10.1. The molecule has 7 nitrogen and oxygen atoms in total. The first kappa shape index (κ1) is 20.1. The topological polar surface area (TPSA) is 84.3 Å². The van der Waals surface area contributed by atoms with Crippen LogP contribution in [0.3, 0.4) is 0 Å². The van der Waals surface area contributed by atoms with Crippen LogP contribution >= 0.6 is 0 Å². The van der Waals surface area contributed by atoms with Crippen molar-refractivity contribution in [1.82, 2.24) is 14.1 Å². The van der Waals surface area contributed by atoms with Crippen molar-refractivity contribution >= 4 is 21.6 Å². The van der Waals surface area contributed by atoms with Crippen molar-refractivity contribution in [2.75, 3.05) is 19.4 Å². The van der Waals surface area contributed by atoms with E-state index in [0.29, 0.717) is 17.9 Å². The molecule has 1 amide bonds. The number of para-hydroxylation sites is 1. The van der Waals surface area contributed by atoms with Gasteiger partial charge < -0.3 is 5.32 Å². The summed E-state index contributed by atoms with van der Waals surface area (Å²) in [6.07, 6.45) is 1.04. The Kier molecular flexibility index (Phi) is 6.20. The maximum atomic E-state index is 12.4. The highest BCUT2D eigenvalue weighted by atomic mass is 32.2. The van der Waals surface area contributed by atoms with Gasteiger partial charge in [-0.2, -0.15) is 5.10 Å². The zero-order valence-electron chi connectivity index (χ0n) is 15.9. The van der Waals surface area contributed by atoms with E-state index in [4.69, 9.17) is 0 Å². The van der Waals surface area contributed by atoms with Gasteiger partial charge in [-0.1, -0.05) is 25.1 Å². The molecular weight excluding hydrogens is 352 g/mol. The average Bonchev–Trinajstić information content (AvgIpc) is 2.87. The van der Waals surface area contributed by atoms with Crippen molar-refractivity contribution < 1.29 is 13.2 Å². The van der Waals surface area contributed by atoms with Gasteiger partial charge in [-0.3, -0.25) is 9.48 Å². The number of rotatable bonds is 7. The fourth-order valence-electron chi connectivity index (χ4n) is 2.82. The predicted molar refractivity (Wildman–Crippen MR) is 102 cm³/mol. The van der Waals surface area contributed by atoms with E-state index in [0.717, 1.165) is 17.7 Å². The average molecular weight is 378 g/mol. The second-order valence-corrected chi connectivity index (χ2v) is 8.41. The van der Waals surface area contributed by atoms with Gasteiger partial charge in [-0.05, 0) is 31.9 Å². The standard InChI is InChI=1S/C18H26N4O3S/c1-6-15-9-7-8-10-16(15)19-17(23)11-12-22-14(3)18(13(2)20-22)26(24,25)21(4)5/h7-10H,6,11-12H2,1-5H3,(H,19,23). The molecule has 26 heavy (non-hydrogen) atoms. The molecule has 1 N–H and O–H groups in total. The van der Waals surface area contributed by atoms with Gasteiger partial charge in [0.05, 0.1) is 17.9 Å². The second kappa shape index (κ2) is 8.01. The van der Waals surface area contributed by atoms with Crippen LogP contribution in [-0.4, -0.2) is 42.5 Å². The number of nitrogens with zero attached hydrogens (tertiary/aromatic N) is 3. The van der Waals surface area contributed by atoms with Crippen LogP contribution in [0.25, 0.3) is 0 Å². The molecule has 0 bridgehead atoms. The SMILES string of the molecule is CCc1ccccc1NC(=O)CCn1nc(C)c(S(=O)(=O)N(C)C)c1C. The first-order valence-electron chi connectivity index (χ1n) is 8.52. The van der Waals surface area contributed by atoms with Crippen molar-refractivity contribution in [1.29, 1.82) is 0 Å². The first-order chi connectivity index (χ1) is 12.2. The summed E-state index contributed by atoms with van der Waals surface area (Å²) < 4.78 is 27.6. The van der Waals surface area contributed by atoms with Crippen molar-refractivity contribution in [2.45, 2.75) is 45.1 Å². The summed E-state index contributed by atoms with van der Waals surface area (Å²) in [6, 6.07) is 7.68. The van der Waals surface area contributed by atoms with Gasteiger partial charge in [0, 0.05) is 26.2 Å². The molecule has 0 saturated heterocycles. The number of carbonyl (C=O) groups is 1. The number of benzene rings is 1. The van der Waals surface area contributed by atoms with Gasteiger partial charge in [-0.15, -0.1) is 0 Å². The largest absolute Gasteiger partial charge is 0.326 e. The molecule has 8 heteroatoms. The molecule has 0 aliphatic heterocycles. The predicted octanol–water partition coefficient (Wildman–Crippen LogP) is 2.34. The number of carbonyl (C=O) groups excluding carboxylic acids is 1. The number of aromatic nitrogens is 2. The summed E-state index contributed by atoms with van der Waals surface area (Å²) in [5.41, 5.74) is 2.86. The van der Waals surface area contributed by atoms with Crippen LogP contribution in [0.2, 0.25) is 0 Å². The minimum Gasteiger partial charge on any atom is -0.326 e. The lowest BCUT2D eigenvalue weighted by molar-refractivity contribution is -0.116. The Bertz CT molecular complexity index is 901. The van der Waals surface area contributed by atoms with E-state index in [1.807, 2.05) is 31.2 Å². The maximum absolute atomic E-state index is 12.4. The molecule has 0 unspecified atom stereocenters. The molecule has 142 valence electrons. The van der Waals surface area contributed by atoms with Gasteiger partial charge in [0.15, 0.2) is 0 Å². The molecule has 0 atom stereocenters. The van der Waals surface area contributed by atoms with Crippen LogP contribution in [0, 0.1) is 13.8 Å². The number of hydrogen-bond donors (Lipinski definition) is 1. The summed E-state index contributed by atoms with van der Waals surface area (Å²) in [4.78, 5) is 12.5. The van der Waals surface area contributed by atoms with Crippen LogP contribution in [-0.2, 0) is 27.8 Å². The number of sulfonamides is 1. The summed E-state index contributed by atoms with van der Waals surface area (Å²) >= 11 is 0. The number of hydrogen-bond acceptors (Lipinski definition) is 4. The molecule has 0 saturated carbocycles. The lowest BCUT2D eigenvalue weighted by Crippen LogP contribution is -2.23. The third-order valence-corrected chi connectivity index (χ3v) is 6.34. The third kappa shape index (κ3) is 4.13. The maximum Gasteiger partial charge on any atom is 0.246 e. The summed E-state index contributed by atoms with van der Waals surface area (Å²) in [7, 11) is -0.584. The molecule has 0 spiro atoms. The van der Waals surface area contributed by atoms with E-state index < -0.39 is 10.0 Å². The smallest absolute Gasteiger partial charge is 0.246 e. The highest BCUT2D eigenvalue weighted by Crippen LogP contribution is 2.22. The molecule has 0 radical (unpaired) electrons. The highest BCUT2D eigenvalue weighted by molar-refractivity contribution is 7.89. The minimum absolute atomic E-state index is 0.129. The molecule has 0 fully saturated rings. The normalized spacial score (nSPS) is 11.8. The lowest BCUT2D eigenvalue weighted by Gasteiger charge is -2.12. The Morgan fingerprint density at radius 3 is 2.50 bits per heavy atom. The molecule has 1 aromatic carbocycles. The third-order valence-electron chi connectivity index (χ3n) is 4.28. The van der Waals surface area contributed by atoms with E-state index in [9.17, 15) is 13.2 Å². The number of anilines is 1. The van der Waals surface area contributed by atoms with Crippen LogP contribution in [0.4, 0.5) is 5.69 Å². The Hall–Kier alpha value is -2.19. The Morgan fingerprint density at radius 2 is 1.88 bits per heavy atom. The molecule has 0 aliphatic rings. The molecule has 0 aliphatic carbocycles. The van der Waals surface area contributed by atoms with E-state index in [1.165, 1.54) is 18.4 Å². The Balaban J connectivity index is 2.12. The number of amides is 1. The molecular formula is C18H26N4O3S. The quantitative estimate of drug-likeness (QED) is 0.801. The van der Waals surface area contributed by atoms with Crippen molar-refractivity contribution in [2.24, 2.45) is 0 Å². The van der Waals surface area contributed by atoms with Gasteiger partial charge >= 0.3 is 0 Å². The summed E-state index contributed by atoms with van der Waals surface area (Å²) in [5, 5.41) is 7.22. The van der Waals surface area contributed by atoms with E-state index >= 15 is 0 Å². The summed E-state index contributed by atoms with van der Waals surface area (Å²) in [6.45, 7) is 5.72. The van der Waals surface area contributed by atoms with Crippen LogP contribution in [0.5, 0.6) is 0 Å². The van der Waals surface area contributed by atoms with Crippen LogP contribution < -0.4 is 5.32 Å². The summed E-state index contributed by atoms with van der Waals surface area (Å²) in [5.74, 6) is -0.129. The number of aryl methyl sites for hydroxylation is 3. The molecule has 2 rings (SSSR count). The van der Waals surface area contributed by atoms with Crippen LogP contribution in [0.15, 0.2) is 29.2 Å². The van der Waals surface area contributed by atoms with E-state index in [-0.39, 0.29) is 17.2 Å². The highest BCUT2D eigenvalue weighted by Gasteiger charge is 2.26. The van der Waals surface area contributed by atoms with Crippen molar-refractivity contribution in [3.63, 3.8) is 0 Å². The first-order valence-corrected chi connectivity index (χ1v) is 9.96. The van der Waals surface area contributed by atoms with E-state index in [2.05, 4.69) is 10.4 Å². The minimum atomic E-state index is -3.56. The van der Waals surface area contributed by atoms with Gasteiger partial charge in [0.25, 0.3) is 0 Å². The van der Waals surface area contributed by atoms with E-state index in [1.54, 1.807) is 18.5 Å². The fourth-order valence-corrected chi connectivity index (χ4v) is 4.08. The van der Waals surface area contributed by atoms with Crippen molar-refractivity contribution in [3.8, 4) is 0 Å². The zero-order valence-corrected chi connectivity index (χ0v) is 16.7. The van der Waals surface area contributed by atoms with Gasteiger partial charge in [-0.25, -0.2) is 12.7 Å². The number of nitrogens with one attached hydrogen (secondary N) is 1. The Morgan fingerprint density at radius 1 is 1.23 bits per heavy atom. The Labute approximate surface area is 155 Å². The second-order valence-electron chi connectivity index (χ2n) is 6.32. The van der Waals surface area contributed by atoms with Gasteiger partial charge in [0.1, 0.15) is 4.90 Å². The van der Waals surface area contributed by atoms with Gasteiger partial charge in [0.2, 0.25) is 15.9 Å². The molecule has 1 heterocycles. The molecule has 1 aromatic heterocycles. The molecule has 2 aromatic rings. The van der Waals surface area contributed by atoms with Crippen molar-refractivity contribution in [3.05, 3.63) is 41.2 Å².